The molecule has 0 fully saturated rings. The highest BCUT2D eigenvalue weighted by Crippen LogP contribution is 2.29. The van der Waals surface area contributed by atoms with E-state index < -0.39 is 0 Å². The Balaban J connectivity index is 2.93. The van der Waals surface area contributed by atoms with Crippen molar-refractivity contribution >= 4 is 5.78 Å². The van der Waals surface area contributed by atoms with E-state index in [1.165, 1.54) is 5.57 Å². The third kappa shape index (κ3) is 1.52. The van der Waals surface area contributed by atoms with Gasteiger partial charge in [-0.2, -0.15) is 0 Å². The maximum Gasteiger partial charge on any atom is 0.158 e. The SMILES string of the molecule is CCC1=C(C)C(=O)CCC1C. The van der Waals surface area contributed by atoms with E-state index in [-0.39, 0.29) is 0 Å². The summed E-state index contributed by atoms with van der Waals surface area (Å²) >= 11 is 0. The Morgan fingerprint density at radius 3 is 2.64 bits per heavy atom. The Kier molecular flexibility index (Phi) is 2.48. The molecule has 1 nitrogen and oxygen atoms in total. The standard InChI is InChI=1S/C10H16O/c1-4-9-7(2)5-6-10(11)8(9)3/h7H,4-6H2,1-3H3. The van der Waals surface area contributed by atoms with E-state index in [0.29, 0.717) is 11.7 Å². The van der Waals surface area contributed by atoms with E-state index in [1.54, 1.807) is 0 Å². The fourth-order valence-corrected chi connectivity index (χ4v) is 1.87. The average Bonchev–Trinajstić information content (AvgIpc) is 1.99. The average molecular weight is 152 g/mol. The summed E-state index contributed by atoms with van der Waals surface area (Å²) in [5.74, 6) is 0.998. The van der Waals surface area contributed by atoms with Gasteiger partial charge >= 0.3 is 0 Å². The minimum atomic E-state index is 0.361. The first-order valence-corrected chi connectivity index (χ1v) is 4.39. The van der Waals surface area contributed by atoms with Crippen LogP contribution in [0.1, 0.15) is 40.0 Å². The largest absolute Gasteiger partial charge is 0.295 e. The van der Waals surface area contributed by atoms with Crippen LogP contribution in [-0.4, -0.2) is 5.78 Å². The summed E-state index contributed by atoms with van der Waals surface area (Å²) in [7, 11) is 0. The summed E-state index contributed by atoms with van der Waals surface area (Å²) in [4.78, 5) is 11.3. The molecule has 1 aliphatic rings. The van der Waals surface area contributed by atoms with E-state index in [4.69, 9.17) is 0 Å². The third-order valence-corrected chi connectivity index (χ3v) is 2.68. The van der Waals surface area contributed by atoms with Gasteiger partial charge in [-0.15, -0.1) is 0 Å². The number of rotatable bonds is 1. The Bertz CT molecular complexity index is 201. The lowest BCUT2D eigenvalue weighted by molar-refractivity contribution is -0.116. The Morgan fingerprint density at radius 2 is 2.18 bits per heavy atom. The molecule has 0 aliphatic heterocycles. The fraction of sp³-hybridized carbons (Fsp3) is 0.700. The second-order valence-electron chi connectivity index (χ2n) is 3.37. The van der Waals surface area contributed by atoms with Gasteiger partial charge in [0, 0.05) is 6.42 Å². The molecule has 0 spiro atoms. The van der Waals surface area contributed by atoms with Crippen molar-refractivity contribution in [2.24, 2.45) is 5.92 Å². The summed E-state index contributed by atoms with van der Waals surface area (Å²) < 4.78 is 0. The molecule has 0 radical (unpaired) electrons. The number of carbonyl (C=O) groups excluding carboxylic acids is 1. The maximum absolute atomic E-state index is 11.3. The number of ketones is 1. The molecule has 0 saturated carbocycles. The van der Waals surface area contributed by atoms with Gasteiger partial charge in [0.25, 0.3) is 0 Å². The Hall–Kier alpha value is -0.590. The quantitative estimate of drug-likeness (QED) is 0.564. The lowest BCUT2D eigenvalue weighted by Gasteiger charge is -2.22. The molecule has 0 amide bonds. The highest BCUT2D eigenvalue weighted by Gasteiger charge is 2.20. The number of allylic oxidation sites excluding steroid dienone is 2. The van der Waals surface area contributed by atoms with Gasteiger partial charge in [0.05, 0.1) is 0 Å². The normalized spacial score (nSPS) is 26.1. The fourth-order valence-electron chi connectivity index (χ4n) is 1.87. The van der Waals surface area contributed by atoms with Crippen molar-refractivity contribution in [2.75, 3.05) is 0 Å². The van der Waals surface area contributed by atoms with E-state index in [1.807, 2.05) is 6.92 Å². The van der Waals surface area contributed by atoms with Crippen molar-refractivity contribution < 1.29 is 4.79 Å². The van der Waals surface area contributed by atoms with Gasteiger partial charge < -0.3 is 0 Å². The van der Waals surface area contributed by atoms with Gasteiger partial charge in [-0.1, -0.05) is 19.4 Å². The molecule has 1 aliphatic carbocycles. The molecule has 0 aromatic heterocycles. The molecule has 62 valence electrons. The molecule has 0 aromatic rings. The van der Waals surface area contributed by atoms with Crippen molar-refractivity contribution in [3.05, 3.63) is 11.1 Å². The second-order valence-corrected chi connectivity index (χ2v) is 3.37. The van der Waals surface area contributed by atoms with Crippen molar-refractivity contribution in [3.8, 4) is 0 Å². The van der Waals surface area contributed by atoms with Crippen LogP contribution in [0.4, 0.5) is 0 Å². The molecule has 0 aromatic carbocycles. The molecule has 1 atom stereocenters. The lowest BCUT2D eigenvalue weighted by atomic mass is 9.82. The van der Waals surface area contributed by atoms with Gasteiger partial charge in [0.15, 0.2) is 5.78 Å². The summed E-state index contributed by atoms with van der Waals surface area (Å²) in [6.07, 6.45) is 2.86. The summed E-state index contributed by atoms with van der Waals surface area (Å²) in [5.41, 5.74) is 2.41. The number of Topliss-reactive ketones (excluding diaryl/α,β-unsaturated/α-hetero) is 1. The molecule has 1 heteroatoms. The maximum atomic E-state index is 11.3. The minimum absolute atomic E-state index is 0.361. The van der Waals surface area contributed by atoms with Crippen molar-refractivity contribution in [2.45, 2.75) is 40.0 Å². The van der Waals surface area contributed by atoms with Crippen LogP contribution in [0.2, 0.25) is 0 Å². The zero-order chi connectivity index (χ0) is 8.43. The van der Waals surface area contributed by atoms with Crippen molar-refractivity contribution in [1.29, 1.82) is 0 Å². The van der Waals surface area contributed by atoms with Crippen LogP contribution in [0.25, 0.3) is 0 Å². The first kappa shape index (κ1) is 8.51. The summed E-state index contributed by atoms with van der Waals surface area (Å²) in [6, 6.07) is 0. The highest BCUT2D eigenvalue weighted by molar-refractivity contribution is 5.96. The highest BCUT2D eigenvalue weighted by atomic mass is 16.1. The van der Waals surface area contributed by atoms with E-state index in [2.05, 4.69) is 13.8 Å². The molecule has 0 saturated heterocycles. The van der Waals surface area contributed by atoms with Crippen molar-refractivity contribution in [3.63, 3.8) is 0 Å². The molecule has 0 bridgehead atoms. The van der Waals surface area contributed by atoms with Crippen LogP contribution in [0.3, 0.4) is 0 Å². The van der Waals surface area contributed by atoms with Crippen LogP contribution in [0.5, 0.6) is 0 Å². The zero-order valence-electron chi connectivity index (χ0n) is 7.61. The predicted octanol–water partition coefficient (Wildman–Crippen LogP) is 2.71. The van der Waals surface area contributed by atoms with Crippen LogP contribution in [-0.2, 0) is 4.79 Å². The third-order valence-electron chi connectivity index (χ3n) is 2.68. The van der Waals surface area contributed by atoms with Crippen molar-refractivity contribution in [1.82, 2.24) is 0 Å². The van der Waals surface area contributed by atoms with Gasteiger partial charge in [-0.05, 0) is 31.3 Å². The first-order chi connectivity index (χ1) is 5.16. The molecule has 0 N–H and O–H groups in total. The molecular formula is C10H16O. The Morgan fingerprint density at radius 1 is 1.55 bits per heavy atom. The van der Waals surface area contributed by atoms with Gasteiger partial charge in [0.1, 0.15) is 0 Å². The van der Waals surface area contributed by atoms with Gasteiger partial charge in [-0.3, -0.25) is 4.79 Å². The zero-order valence-corrected chi connectivity index (χ0v) is 7.61. The summed E-state index contributed by atoms with van der Waals surface area (Å²) in [6.45, 7) is 6.32. The van der Waals surface area contributed by atoms with E-state index in [9.17, 15) is 4.79 Å². The molecule has 0 heterocycles. The second kappa shape index (κ2) is 3.21. The molecular weight excluding hydrogens is 136 g/mol. The first-order valence-electron chi connectivity index (χ1n) is 4.39. The predicted molar refractivity (Wildman–Crippen MR) is 46.4 cm³/mol. The van der Waals surface area contributed by atoms with Gasteiger partial charge in [-0.25, -0.2) is 0 Å². The smallest absolute Gasteiger partial charge is 0.158 e. The van der Waals surface area contributed by atoms with Crippen LogP contribution in [0, 0.1) is 5.92 Å². The van der Waals surface area contributed by atoms with Crippen LogP contribution < -0.4 is 0 Å². The van der Waals surface area contributed by atoms with Gasteiger partial charge in [0.2, 0.25) is 0 Å². The molecule has 1 unspecified atom stereocenters. The van der Waals surface area contributed by atoms with Crippen LogP contribution >= 0.6 is 0 Å². The van der Waals surface area contributed by atoms with E-state index >= 15 is 0 Å². The molecule has 11 heavy (non-hydrogen) atoms. The van der Waals surface area contributed by atoms with E-state index in [0.717, 1.165) is 24.8 Å². The monoisotopic (exact) mass is 152 g/mol. The topological polar surface area (TPSA) is 17.1 Å². The number of hydrogen-bond acceptors (Lipinski definition) is 1. The minimum Gasteiger partial charge on any atom is -0.295 e. The molecule has 1 rings (SSSR count). The van der Waals surface area contributed by atoms with Crippen LogP contribution in [0.15, 0.2) is 11.1 Å². The lowest BCUT2D eigenvalue weighted by Crippen LogP contribution is -2.15. The summed E-state index contributed by atoms with van der Waals surface area (Å²) in [5, 5.41) is 0. The number of hydrogen-bond donors (Lipinski definition) is 0. The Labute approximate surface area is 68.5 Å². The number of carbonyl (C=O) groups is 1.